The van der Waals surface area contributed by atoms with Gasteiger partial charge in [-0.05, 0) is 49.8 Å². The van der Waals surface area contributed by atoms with Crippen LogP contribution in [0.5, 0.6) is 11.5 Å². The highest BCUT2D eigenvalue weighted by Crippen LogP contribution is 2.38. The van der Waals surface area contributed by atoms with Crippen molar-refractivity contribution in [2.75, 3.05) is 7.05 Å². The van der Waals surface area contributed by atoms with Crippen LogP contribution in [-0.2, 0) is 22.4 Å². The molecule has 0 aliphatic heterocycles. The molecule has 2 rings (SSSR count). The molecular weight excluding hydrogens is 366 g/mol. The number of carbonyl (C=O) groups excluding carboxylic acids is 2. The predicted molar refractivity (Wildman–Crippen MR) is 109 cm³/mol. The Bertz CT molecular complexity index is 658. The van der Waals surface area contributed by atoms with Crippen LogP contribution in [0.3, 0.4) is 0 Å². The Labute approximate surface area is 168 Å². The molecule has 0 heterocycles. The third-order valence-corrected chi connectivity index (χ3v) is 4.53. The molecule has 0 bridgehead atoms. The molecule has 1 atom stereocenters. The molecule has 0 saturated carbocycles. The molecule has 1 aliphatic carbocycles. The lowest BCUT2D eigenvalue weighted by atomic mass is 9.87. The van der Waals surface area contributed by atoms with Gasteiger partial charge in [0.15, 0.2) is 11.5 Å². The van der Waals surface area contributed by atoms with E-state index in [9.17, 15) is 9.59 Å². The fourth-order valence-electron chi connectivity index (χ4n) is 3.22. The SMILES string of the molecule is CN[C@H]1CCc2c(ccc(OC(=O)CC(C)C)c2OC(=O)CC(C)C)C1.Cl. The lowest BCUT2D eigenvalue weighted by molar-refractivity contribution is -0.138. The Morgan fingerprint density at radius 1 is 1.07 bits per heavy atom. The third kappa shape index (κ3) is 6.82. The second-order valence-electron chi connectivity index (χ2n) is 7.90. The Morgan fingerprint density at radius 2 is 1.67 bits per heavy atom. The summed E-state index contributed by atoms with van der Waals surface area (Å²) in [5.41, 5.74) is 2.13. The number of hydrogen-bond donors (Lipinski definition) is 1. The van der Waals surface area contributed by atoms with E-state index in [4.69, 9.17) is 9.47 Å². The highest BCUT2D eigenvalue weighted by molar-refractivity contribution is 5.85. The number of fused-ring (bicyclic) bond motifs is 1. The van der Waals surface area contributed by atoms with Crippen molar-refractivity contribution in [1.29, 1.82) is 0 Å². The van der Waals surface area contributed by atoms with Crippen LogP contribution < -0.4 is 14.8 Å². The summed E-state index contributed by atoms with van der Waals surface area (Å²) in [6.07, 6.45) is 3.30. The molecule has 0 spiro atoms. The molecule has 0 aromatic heterocycles. The summed E-state index contributed by atoms with van der Waals surface area (Å²) in [7, 11) is 1.96. The highest BCUT2D eigenvalue weighted by atomic mass is 35.5. The van der Waals surface area contributed by atoms with E-state index in [1.165, 1.54) is 0 Å². The van der Waals surface area contributed by atoms with E-state index in [1.54, 1.807) is 6.07 Å². The van der Waals surface area contributed by atoms with Gasteiger partial charge in [0.05, 0.1) is 0 Å². The maximum atomic E-state index is 12.3. The van der Waals surface area contributed by atoms with Gasteiger partial charge < -0.3 is 14.8 Å². The monoisotopic (exact) mass is 397 g/mol. The van der Waals surface area contributed by atoms with Crippen molar-refractivity contribution in [3.63, 3.8) is 0 Å². The molecular formula is C21H32ClNO4. The lowest BCUT2D eigenvalue weighted by Crippen LogP contribution is -2.32. The molecule has 0 amide bonds. The highest BCUT2D eigenvalue weighted by Gasteiger charge is 2.26. The molecule has 1 aromatic carbocycles. The summed E-state index contributed by atoms with van der Waals surface area (Å²) in [6.45, 7) is 7.89. The van der Waals surface area contributed by atoms with Crippen LogP contribution in [0.25, 0.3) is 0 Å². The van der Waals surface area contributed by atoms with Crippen molar-refractivity contribution in [3.8, 4) is 11.5 Å². The van der Waals surface area contributed by atoms with Gasteiger partial charge in [-0.15, -0.1) is 12.4 Å². The van der Waals surface area contributed by atoms with Gasteiger partial charge in [-0.3, -0.25) is 9.59 Å². The van der Waals surface area contributed by atoms with E-state index in [0.29, 0.717) is 30.4 Å². The van der Waals surface area contributed by atoms with E-state index in [0.717, 1.165) is 30.4 Å². The molecule has 1 N–H and O–H groups in total. The van der Waals surface area contributed by atoms with Gasteiger partial charge in [-0.25, -0.2) is 0 Å². The second-order valence-corrected chi connectivity index (χ2v) is 7.90. The zero-order valence-electron chi connectivity index (χ0n) is 17.0. The molecule has 5 nitrogen and oxygen atoms in total. The van der Waals surface area contributed by atoms with E-state index in [2.05, 4.69) is 5.32 Å². The quantitative estimate of drug-likeness (QED) is 0.554. The first-order chi connectivity index (χ1) is 12.3. The minimum atomic E-state index is -0.301. The molecule has 1 aromatic rings. The van der Waals surface area contributed by atoms with Gasteiger partial charge in [0.1, 0.15) is 0 Å². The number of ether oxygens (including phenoxy) is 2. The van der Waals surface area contributed by atoms with Gasteiger partial charge in [-0.1, -0.05) is 33.8 Å². The number of halogens is 1. The Kier molecular flexibility index (Phi) is 9.27. The van der Waals surface area contributed by atoms with Gasteiger partial charge in [0.2, 0.25) is 0 Å². The number of nitrogens with one attached hydrogen (secondary N) is 1. The van der Waals surface area contributed by atoms with E-state index in [1.807, 2.05) is 40.8 Å². The summed E-state index contributed by atoms with van der Waals surface area (Å²) >= 11 is 0. The van der Waals surface area contributed by atoms with Crippen molar-refractivity contribution < 1.29 is 19.1 Å². The first-order valence-electron chi connectivity index (χ1n) is 9.53. The van der Waals surface area contributed by atoms with Crippen molar-refractivity contribution in [2.45, 2.75) is 65.8 Å². The van der Waals surface area contributed by atoms with Gasteiger partial charge in [0.25, 0.3) is 0 Å². The summed E-state index contributed by atoms with van der Waals surface area (Å²) in [4.78, 5) is 24.4. The van der Waals surface area contributed by atoms with E-state index >= 15 is 0 Å². The van der Waals surface area contributed by atoms with Crippen LogP contribution in [0.15, 0.2) is 12.1 Å². The van der Waals surface area contributed by atoms with Crippen LogP contribution >= 0.6 is 12.4 Å². The number of hydrogen-bond acceptors (Lipinski definition) is 5. The number of carbonyl (C=O) groups is 2. The van der Waals surface area contributed by atoms with Crippen LogP contribution in [0.1, 0.15) is 58.1 Å². The molecule has 27 heavy (non-hydrogen) atoms. The fraction of sp³-hybridized carbons (Fsp3) is 0.619. The minimum Gasteiger partial charge on any atom is -0.422 e. The Hall–Kier alpha value is -1.59. The number of rotatable bonds is 7. The molecule has 0 radical (unpaired) electrons. The van der Waals surface area contributed by atoms with Crippen molar-refractivity contribution in [3.05, 3.63) is 23.3 Å². The maximum absolute atomic E-state index is 12.3. The molecule has 6 heteroatoms. The Morgan fingerprint density at radius 3 is 2.22 bits per heavy atom. The Balaban J connectivity index is 0.00000364. The summed E-state index contributed by atoms with van der Waals surface area (Å²) in [5.74, 6) is 0.621. The normalized spacial score (nSPS) is 15.9. The van der Waals surface area contributed by atoms with Crippen LogP contribution in [0.2, 0.25) is 0 Å². The fourth-order valence-corrected chi connectivity index (χ4v) is 3.22. The van der Waals surface area contributed by atoms with Gasteiger partial charge >= 0.3 is 11.9 Å². The summed E-state index contributed by atoms with van der Waals surface area (Å²) in [5, 5.41) is 3.31. The number of benzene rings is 1. The zero-order chi connectivity index (χ0) is 19.3. The smallest absolute Gasteiger partial charge is 0.311 e. The summed E-state index contributed by atoms with van der Waals surface area (Å²) in [6, 6.07) is 4.15. The summed E-state index contributed by atoms with van der Waals surface area (Å²) < 4.78 is 11.2. The average molecular weight is 398 g/mol. The van der Waals surface area contributed by atoms with Crippen molar-refractivity contribution >= 4 is 24.3 Å². The van der Waals surface area contributed by atoms with Crippen molar-refractivity contribution in [2.24, 2.45) is 11.8 Å². The molecule has 0 unspecified atom stereocenters. The minimum absolute atomic E-state index is 0. The van der Waals surface area contributed by atoms with E-state index < -0.39 is 0 Å². The predicted octanol–water partition coefficient (Wildman–Crippen LogP) is 4.09. The average Bonchev–Trinajstić information content (AvgIpc) is 2.55. The number of likely N-dealkylation sites (N-methyl/N-ethyl adjacent to an activating group) is 1. The first-order valence-corrected chi connectivity index (χ1v) is 9.53. The van der Waals surface area contributed by atoms with Crippen molar-refractivity contribution in [1.82, 2.24) is 5.32 Å². The first kappa shape index (κ1) is 23.4. The topological polar surface area (TPSA) is 64.6 Å². The maximum Gasteiger partial charge on any atom is 0.311 e. The molecule has 0 saturated heterocycles. The number of esters is 2. The van der Waals surface area contributed by atoms with Crippen LogP contribution in [0, 0.1) is 11.8 Å². The van der Waals surface area contributed by atoms with Gasteiger partial charge in [-0.2, -0.15) is 0 Å². The van der Waals surface area contributed by atoms with Gasteiger partial charge in [0, 0.05) is 24.4 Å². The molecule has 0 fully saturated rings. The second kappa shape index (κ2) is 10.7. The van der Waals surface area contributed by atoms with Crippen LogP contribution in [-0.4, -0.2) is 25.0 Å². The third-order valence-electron chi connectivity index (χ3n) is 4.53. The zero-order valence-corrected chi connectivity index (χ0v) is 17.8. The van der Waals surface area contributed by atoms with Crippen LogP contribution in [0.4, 0.5) is 0 Å². The van der Waals surface area contributed by atoms with E-state index in [-0.39, 0.29) is 36.2 Å². The largest absolute Gasteiger partial charge is 0.422 e. The lowest BCUT2D eigenvalue weighted by Gasteiger charge is -2.26. The molecule has 1 aliphatic rings. The standard InChI is InChI=1S/C21H31NO4.ClH/c1-13(2)10-19(23)25-18-9-6-15-12-16(22-5)7-8-17(15)21(18)26-20(24)11-14(3)4;/h6,9,13-14,16,22H,7-8,10-12H2,1-5H3;1H/t16-;/m0./s1. The molecule has 152 valence electrons.